The smallest absolute Gasteiger partial charge is 0.418 e. The molecule has 1 saturated heterocycles. The van der Waals surface area contributed by atoms with E-state index in [2.05, 4.69) is 15.3 Å². The molecule has 3 aromatic rings. The number of benzene rings is 1. The maximum Gasteiger partial charge on any atom is 0.418 e. The van der Waals surface area contributed by atoms with Crippen LogP contribution < -0.4 is 10.1 Å². The standard InChI is InChI=1S/C21H25F3N4O3/c1-12(2)28-10-26-17-5-15(4-16(19(17)28)21(22,23)24)30-9-14-7-20(29,6-13(3)27-14)18-8-25-11-31-18/h4-5,8,10-14,27,29H,6-7,9H2,1-3H3. The predicted octanol–water partition coefficient (Wildman–Crippen LogP) is 4.03. The zero-order valence-electron chi connectivity index (χ0n) is 17.5. The van der Waals surface area contributed by atoms with E-state index < -0.39 is 17.3 Å². The van der Waals surface area contributed by atoms with Crippen molar-refractivity contribution in [1.82, 2.24) is 19.9 Å². The Bertz CT molecular complexity index is 1050. The molecule has 1 aliphatic rings. The number of aromatic nitrogens is 3. The van der Waals surface area contributed by atoms with Gasteiger partial charge in [0.15, 0.2) is 12.2 Å². The van der Waals surface area contributed by atoms with Crippen LogP contribution in [0.1, 0.15) is 51.0 Å². The molecule has 3 heterocycles. The lowest BCUT2D eigenvalue weighted by atomic mass is 9.82. The van der Waals surface area contributed by atoms with Gasteiger partial charge in [-0.25, -0.2) is 9.97 Å². The third-order valence-corrected chi connectivity index (χ3v) is 5.59. The average molecular weight is 438 g/mol. The molecular formula is C21H25F3N4O3. The van der Waals surface area contributed by atoms with Crippen molar-refractivity contribution in [3.05, 3.63) is 42.4 Å². The van der Waals surface area contributed by atoms with Crippen molar-refractivity contribution in [1.29, 1.82) is 0 Å². The van der Waals surface area contributed by atoms with Gasteiger partial charge in [0.05, 0.1) is 29.1 Å². The third-order valence-electron chi connectivity index (χ3n) is 5.59. The number of ether oxygens (including phenoxy) is 1. The summed E-state index contributed by atoms with van der Waals surface area (Å²) in [5, 5.41) is 14.3. The van der Waals surface area contributed by atoms with Crippen molar-refractivity contribution in [2.24, 2.45) is 0 Å². The van der Waals surface area contributed by atoms with Crippen LogP contribution in [0.25, 0.3) is 11.0 Å². The van der Waals surface area contributed by atoms with Crippen LogP contribution in [-0.4, -0.2) is 38.3 Å². The van der Waals surface area contributed by atoms with E-state index in [9.17, 15) is 18.3 Å². The minimum atomic E-state index is -4.55. The van der Waals surface area contributed by atoms with Crippen molar-refractivity contribution in [3.8, 4) is 5.75 Å². The molecule has 168 valence electrons. The minimum absolute atomic E-state index is 0.0407. The van der Waals surface area contributed by atoms with Gasteiger partial charge in [-0.05, 0) is 33.3 Å². The largest absolute Gasteiger partial charge is 0.492 e. The van der Waals surface area contributed by atoms with Gasteiger partial charge in [0, 0.05) is 30.6 Å². The highest BCUT2D eigenvalue weighted by molar-refractivity contribution is 5.81. The molecule has 0 amide bonds. The zero-order chi connectivity index (χ0) is 22.4. The highest BCUT2D eigenvalue weighted by Crippen LogP contribution is 2.39. The molecule has 1 aromatic carbocycles. The number of hydrogen-bond acceptors (Lipinski definition) is 6. The molecule has 7 nitrogen and oxygen atoms in total. The maximum absolute atomic E-state index is 13.8. The number of halogens is 3. The summed E-state index contributed by atoms with van der Waals surface area (Å²) in [7, 11) is 0. The van der Waals surface area contributed by atoms with Gasteiger partial charge in [0.1, 0.15) is 18.0 Å². The average Bonchev–Trinajstić information content (AvgIpc) is 3.34. The first-order valence-electron chi connectivity index (χ1n) is 10.1. The van der Waals surface area contributed by atoms with Crippen molar-refractivity contribution < 1.29 is 27.4 Å². The van der Waals surface area contributed by atoms with E-state index in [1.807, 2.05) is 6.92 Å². The van der Waals surface area contributed by atoms with Gasteiger partial charge in [-0.15, -0.1) is 0 Å². The zero-order valence-corrected chi connectivity index (χ0v) is 17.5. The monoisotopic (exact) mass is 438 g/mol. The third kappa shape index (κ3) is 4.27. The quantitative estimate of drug-likeness (QED) is 0.626. The SMILES string of the molecule is CC1CC(O)(c2cnco2)CC(COc2cc(C(F)(F)F)c3c(c2)ncn3C(C)C)N1. The summed E-state index contributed by atoms with van der Waals surface area (Å²) in [4.78, 5) is 8.01. The molecule has 1 aliphatic heterocycles. The fourth-order valence-electron chi connectivity index (χ4n) is 4.30. The van der Waals surface area contributed by atoms with Crippen LogP contribution in [0.4, 0.5) is 13.2 Å². The van der Waals surface area contributed by atoms with Crippen LogP contribution in [0.15, 0.2) is 35.5 Å². The lowest BCUT2D eigenvalue weighted by Crippen LogP contribution is -2.53. The molecule has 1 fully saturated rings. The van der Waals surface area contributed by atoms with Crippen LogP contribution >= 0.6 is 0 Å². The van der Waals surface area contributed by atoms with E-state index in [1.54, 1.807) is 13.8 Å². The van der Waals surface area contributed by atoms with Gasteiger partial charge >= 0.3 is 6.18 Å². The number of alkyl halides is 3. The predicted molar refractivity (Wildman–Crippen MR) is 107 cm³/mol. The molecule has 4 rings (SSSR count). The molecule has 3 unspecified atom stereocenters. The molecule has 0 saturated carbocycles. The molecule has 0 radical (unpaired) electrons. The number of imidazole rings is 1. The van der Waals surface area contributed by atoms with E-state index in [1.165, 1.54) is 29.6 Å². The summed E-state index contributed by atoms with van der Waals surface area (Å²) in [6, 6.07) is 2.01. The summed E-state index contributed by atoms with van der Waals surface area (Å²) in [6.07, 6.45) is 0.309. The van der Waals surface area contributed by atoms with E-state index in [4.69, 9.17) is 9.15 Å². The van der Waals surface area contributed by atoms with Gasteiger partial charge in [-0.1, -0.05) is 0 Å². The number of rotatable bonds is 5. The molecule has 31 heavy (non-hydrogen) atoms. The Balaban J connectivity index is 1.58. The molecule has 2 aromatic heterocycles. The summed E-state index contributed by atoms with van der Waals surface area (Å²) < 4.78 is 53.8. The van der Waals surface area contributed by atoms with Crippen LogP contribution in [-0.2, 0) is 11.8 Å². The Labute approximate surface area is 177 Å². The number of piperidine rings is 1. The molecule has 2 N–H and O–H groups in total. The van der Waals surface area contributed by atoms with E-state index in [0.717, 1.165) is 6.07 Å². The maximum atomic E-state index is 13.8. The summed E-state index contributed by atoms with van der Waals surface area (Å²) in [6.45, 7) is 5.60. The first kappa shape index (κ1) is 21.6. The second kappa shape index (κ2) is 7.83. The van der Waals surface area contributed by atoms with Gasteiger partial charge in [-0.3, -0.25) is 0 Å². The van der Waals surface area contributed by atoms with Crippen LogP contribution in [0.2, 0.25) is 0 Å². The van der Waals surface area contributed by atoms with Gasteiger partial charge in [-0.2, -0.15) is 13.2 Å². The normalized spacial score (nSPS) is 24.8. The Kier molecular flexibility index (Phi) is 5.47. The summed E-state index contributed by atoms with van der Waals surface area (Å²) in [5.74, 6) is 0.447. The number of nitrogens with one attached hydrogen (secondary N) is 1. The van der Waals surface area contributed by atoms with E-state index >= 15 is 0 Å². The van der Waals surface area contributed by atoms with Crippen LogP contribution in [0.5, 0.6) is 5.75 Å². The van der Waals surface area contributed by atoms with Gasteiger partial charge in [0.2, 0.25) is 0 Å². The molecule has 0 aliphatic carbocycles. The van der Waals surface area contributed by atoms with Gasteiger partial charge < -0.3 is 24.1 Å². The first-order valence-corrected chi connectivity index (χ1v) is 10.1. The fourth-order valence-corrected chi connectivity index (χ4v) is 4.30. The molecule has 0 spiro atoms. The molecule has 10 heteroatoms. The highest BCUT2D eigenvalue weighted by Gasteiger charge is 2.41. The van der Waals surface area contributed by atoms with Crippen LogP contribution in [0.3, 0.4) is 0 Å². The number of nitrogens with zero attached hydrogens (tertiary/aromatic N) is 3. The Morgan fingerprint density at radius 2 is 2.13 bits per heavy atom. The minimum Gasteiger partial charge on any atom is -0.492 e. The van der Waals surface area contributed by atoms with E-state index in [0.29, 0.717) is 12.2 Å². The van der Waals surface area contributed by atoms with Crippen molar-refractivity contribution in [2.45, 2.75) is 63.5 Å². The number of fused-ring (bicyclic) bond motifs is 1. The highest BCUT2D eigenvalue weighted by atomic mass is 19.4. The van der Waals surface area contributed by atoms with Crippen LogP contribution in [0, 0.1) is 0 Å². The molecule has 3 atom stereocenters. The van der Waals surface area contributed by atoms with E-state index in [-0.39, 0.29) is 47.9 Å². The number of oxazole rings is 1. The van der Waals surface area contributed by atoms with Gasteiger partial charge in [0.25, 0.3) is 0 Å². The lowest BCUT2D eigenvalue weighted by Gasteiger charge is -2.39. The summed E-state index contributed by atoms with van der Waals surface area (Å²) >= 11 is 0. The van der Waals surface area contributed by atoms with Crippen molar-refractivity contribution >= 4 is 11.0 Å². The summed E-state index contributed by atoms with van der Waals surface area (Å²) in [5.41, 5.74) is -1.73. The second-order valence-electron chi connectivity index (χ2n) is 8.46. The Morgan fingerprint density at radius 1 is 1.35 bits per heavy atom. The topological polar surface area (TPSA) is 85.3 Å². The molecular weight excluding hydrogens is 413 g/mol. The Morgan fingerprint density at radius 3 is 2.77 bits per heavy atom. The second-order valence-corrected chi connectivity index (χ2v) is 8.46. The Hall–Kier alpha value is -2.59. The molecule has 0 bridgehead atoms. The van der Waals surface area contributed by atoms with Crippen molar-refractivity contribution in [3.63, 3.8) is 0 Å². The lowest BCUT2D eigenvalue weighted by molar-refractivity contribution is -0.136. The number of hydrogen-bond donors (Lipinski definition) is 2. The number of aliphatic hydroxyl groups is 1. The van der Waals surface area contributed by atoms with Crippen molar-refractivity contribution in [2.75, 3.05) is 6.61 Å². The first-order chi connectivity index (χ1) is 14.6. The fraction of sp³-hybridized carbons (Fsp3) is 0.524.